The van der Waals surface area contributed by atoms with Crippen molar-refractivity contribution in [2.24, 2.45) is 0 Å². The van der Waals surface area contributed by atoms with Crippen molar-refractivity contribution in [2.75, 3.05) is 12.0 Å². The van der Waals surface area contributed by atoms with Crippen LogP contribution in [0, 0.1) is 6.92 Å². The molecule has 0 nitrogen and oxygen atoms in total. The van der Waals surface area contributed by atoms with Gasteiger partial charge in [0.15, 0.2) is 0 Å². The molecule has 0 saturated heterocycles. The van der Waals surface area contributed by atoms with Gasteiger partial charge in [0, 0.05) is 0 Å². The van der Waals surface area contributed by atoms with Gasteiger partial charge in [0.05, 0.1) is 0 Å². The predicted molar refractivity (Wildman–Crippen MR) is 46.7 cm³/mol. The maximum Gasteiger partial charge on any atom is -0.00357 e. The van der Waals surface area contributed by atoms with Crippen LogP contribution >= 0.6 is 11.8 Å². The smallest absolute Gasteiger partial charge is 0.00357 e. The molecule has 1 heteroatoms. The minimum Gasteiger partial charge on any atom is -0.165 e. The molecule has 0 aromatic carbocycles. The summed E-state index contributed by atoms with van der Waals surface area (Å²) in [5, 5.41) is 0. The standard InChI is InChI=1S/C8H15S/c1-3-4-5-6-7-8-9-2/h5-6H,1,3-4,7-8H2,2H3/b6-5+. The predicted octanol–water partition coefficient (Wildman–Crippen LogP) is 2.91. The number of thioether (sulfide) groups is 1. The largest absolute Gasteiger partial charge is 0.165 e. The van der Waals surface area contributed by atoms with Crippen LogP contribution in [0.15, 0.2) is 12.2 Å². The van der Waals surface area contributed by atoms with Gasteiger partial charge in [-0.3, -0.25) is 0 Å². The summed E-state index contributed by atoms with van der Waals surface area (Å²) < 4.78 is 0. The third-order valence-electron chi connectivity index (χ3n) is 1.03. The van der Waals surface area contributed by atoms with Crippen LogP contribution in [0.5, 0.6) is 0 Å². The highest BCUT2D eigenvalue weighted by atomic mass is 32.2. The Hall–Kier alpha value is 0.0900. The van der Waals surface area contributed by atoms with Gasteiger partial charge in [0.1, 0.15) is 0 Å². The molecule has 0 aliphatic heterocycles. The van der Waals surface area contributed by atoms with E-state index in [1.165, 1.54) is 12.2 Å². The molecule has 0 spiro atoms. The molecule has 0 rings (SSSR count). The highest BCUT2D eigenvalue weighted by Crippen LogP contribution is 1.97. The van der Waals surface area contributed by atoms with Crippen LogP contribution in [-0.4, -0.2) is 12.0 Å². The Balaban J connectivity index is 2.86. The van der Waals surface area contributed by atoms with E-state index in [1.807, 2.05) is 11.8 Å². The summed E-state index contributed by atoms with van der Waals surface area (Å²) >= 11 is 1.89. The van der Waals surface area contributed by atoms with E-state index in [4.69, 9.17) is 0 Å². The zero-order chi connectivity index (χ0) is 6.95. The first-order valence-corrected chi connectivity index (χ1v) is 4.74. The first-order chi connectivity index (χ1) is 4.41. The molecule has 0 fully saturated rings. The van der Waals surface area contributed by atoms with E-state index >= 15 is 0 Å². The summed E-state index contributed by atoms with van der Waals surface area (Å²) in [5.41, 5.74) is 0. The molecule has 53 valence electrons. The van der Waals surface area contributed by atoms with E-state index in [1.54, 1.807) is 0 Å². The fourth-order valence-electron chi connectivity index (χ4n) is 0.539. The SMILES string of the molecule is [CH2]CC/C=C/CCSC. The van der Waals surface area contributed by atoms with Crippen molar-refractivity contribution < 1.29 is 0 Å². The van der Waals surface area contributed by atoms with Crippen LogP contribution in [0.1, 0.15) is 19.3 Å². The number of rotatable bonds is 5. The van der Waals surface area contributed by atoms with Crippen LogP contribution in [0.2, 0.25) is 0 Å². The van der Waals surface area contributed by atoms with Gasteiger partial charge in [0.25, 0.3) is 0 Å². The van der Waals surface area contributed by atoms with Crippen molar-refractivity contribution in [3.05, 3.63) is 19.1 Å². The van der Waals surface area contributed by atoms with E-state index in [0.29, 0.717) is 0 Å². The van der Waals surface area contributed by atoms with Gasteiger partial charge in [-0.05, 0) is 31.3 Å². The molecule has 0 atom stereocenters. The summed E-state index contributed by atoms with van der Waals surface area (Å²) in [6.07, 6.45) is 9.95. The number of allylic oxidation sites excluding steroid dienone is 2. The molecule has 1 radical (unpaired) electrons. The van der Waals surface area contributed by atoms with Crippen molar-refractivity contribution in [1.82, 2.24) is 0 Å². The number of hydrogen-bond donors (Lipinski definition) is 0. The topological polar surface area (TPSA) is 0 Å². The Kier molecular flexibility index (Phi) is 8.17. The Morgan fingerprint density at radius 2 is 2.00 bits per heavy atom. The van der Waals surface area contributed by atoms with Crippen molar-refractivity contribution in [3.63, 3.8) is 0 Å². The Morgan fingerprint density at radius 3 is 2.56 bits per heavy atom. The fraction of sp³-hybridized carbons (Fsp3) is 0.625. The van der Waals surface area contributed by atoms with E-state index in [-0.39, 0.29) is 0 Å². The average Bonchev–Trinajstić information content (AvgIpc) is 1.89. The lowest BCUT2D eigenvalue weighted by Gasteiger charge is -1.87. The van der Waals surface area contributed by atoms with Gasteiger partial charge in [-0.1, -0.05) is 19.1 Å². The molecule has 0 N–H and O–H groups in total. The fourth-order valence-corrected chi connectivity index (χ4v) is 0.911. The highest BCUT2D eigenvalue weighted by molar-refractivity contribution is 7.98. The Bertz CT molecular complexity index is 67.0. The normalized spacial score (nSPS) is 10.9. The van der Waals surface area contributed by atoms with E-state index in [9.17, 15) is 0 Å². The van der Waals surface area contributed by atoms with Crippen molar-refractivity contribution in [2.45, 2.75) is 19.3 Å². The molecule has 0 aliphatic rings. The summed E-state index contributed by atoms with van der Waals surface area (Å²) in [6, 6.07) is 0. The molecule has 9 heavy (non-hydrogen) atoms. The minimum atomic E-state index is 1.02. The monoisotopic (exact) mass is 143 g/mol. The molecular formula is C8H15S. The summed E-state index contributed by atoms with van der Waals surface area (Å²) in [4.78, 5) is 0. The molecule has 0 aromatic heterocycles. The second-order valence-corrected chi connectivity index (χ2v) is 2.88. The van der Waals surface area contributed by atoms with Crippen molar-refractivity contribution in [3.8, 4) is 0 Å². The maximum atomic E-state index is 3.75. The quantitative estimate of drug-likeness (QED) is 0.421. The van der Waals surface area contributed by atoms with Gasteiger partial charge in [-0.15, -0.1) is 0 Å². The van der Waals surface area contributed by atoms with Crippen LogP contribution in [0.25, 0.3) is 0 Å². The van der Waals surface area contributed by atoms with E-state index in [0.717, 1.165) is 12.8 Å². The molecule has 0 bridgehead atoms. The second-order valence-electron chi connectivity index (χ2n) is 1.90. The van der Waals surface area contributed by atoms with Gasteiger partial charge < -0.3 is 0 Å². The van der Waals surface area contributed by atoms with Crippen molar-refractivity contribution >= 4 is 11.8 Å². The molecular weight excluding hydrogens is 128 g/mol. The Morgan fingerprint density at radius 1 is 1.33 bits per heavy atom. The summed E-state index contributed by atoms with van der Waals surface area (Å²) in [5.74, 6) is 1.24. The molecule has 0 unspecified atom stereocenters. The first kappa shape index (κ1) is 9.09. The van der Waals surface area contributed by atoms with Crippen LogP contribution in [0.4, 0.5) is 0 Å². The second kappa shape index (κ2) is 8.09. The van der Waals surface area contributed by atoms with E-state index in [2.05, 4.69) is 25.3 Å². The number of hydrogen-bond acceptors (Lipinski definition) is 1. The summed E-state index contributed by atoms with van der Waals surface area (Å²) in [7, 11) is 0. The van der Waals surface area contributed by atoms with Gasteiger partial charge in [-0.25, -0.2) is 0 Å². The van der Waals surface area contributed by atoms with E-state index < -0.39 is 0 Å². The highest BCUT2D eigenvalue weighted by Gasteiger charge is 1.76. The lowest BCUT2D eigenvalue weighted by Crippen LogP contribution is -1.71. The first-order valence-electron chi connectivity index (χ1n) is 3.35. The summed E-state index contributed by atoms with van der Waals surface area (Å²) in [6.45, 7) is 3.75. The molecule has 0 aliphatic carbocycles. The molecule has 0 amide bonds. The zero-order valence-corrected chi connectivity index (χ0v) is 6.91. The van der Waals surface area contributed by atoms with Gasteiger partial charge in [-0.2, -0.15) is 11.8 Å². The van der Waals surface area contributed by atoms with Crippen LogP contribution < -0.4 is 0 Å². The average molecular weight is 143 g/mol. The number of unbranched alkanes of at least 4 members (excludes halogenated alkanes) is 1. The van der Waals surface area contributed by atoms with Gasteiger partial charge >= 0.3 is 0 Å². The van der Waals surface area contributed by atoms with Crippen molar-refractivity contribution in [1.29, 1.82) is 0 Å². The van der Waals surface area contributed by atoms with Crippen LogP contribution in [0.3, 0.4) is 0 Å². The third-order valence-corrected chi connectivity index (χ3v) is 1.67. The van der Waals surface area contributed by atoms with Crippen LogP contribution in [-0.2, 0) is 0 Å². The lowest BCUT2D eigenvalue weighted by molar-refractivity contribution is 1.04. The van der Waals surface area contributed by atoms with Gasteiger partial charge in [0.2, 0.25) is 0 Å². The molecule has 0 heterocycles. The lowest BCUT2D eigenvalue weighted by atomic mass is 10.3. The Labute approximate surface area is 62.7 Å². The maximum absolute atomic E-state index is 3.75. The zero-order valence-electron chi connectivity index (χ0n) is 6.10. The molecule has 0 saturated carbocycles. The minimum absolute atomic E-state index is 1.02. The third kappa shape index (κ3) is 8.09. The molecule has 0 aromatic rings.